The fourth-order valence-corrected chi connectivity index (χ4v) is 2.91. The molecule has 3 heteroatoms. The van der Waals surface area contributed by atoms with E-state index >= 15 is 0 Å². The monoisotopic (exact) mass is 277 g/mol. The van der Waals surface area contributed by atoms with E-state index in [2.05, 4.69) is 24.4 Å². The number of nitrogens with one attached hydrogen (secondary N) is 1. The van der Waals surface area contributed by atoms with Crippen LogP contribution in [0, 0.1) is 0 Å². The molecule has 0 aromatic heterocycles. The minimum absolute atomic E-state index is 0.105. The minimum Gasteiger partial charge on any atom is -0.491 e. The van der Waals surface area contributed by atoms with E-state index in [0.717, 1.165) is 11.3 Å². The van der Waals surface area contributed by atoms with Gasteiger partial charge in [-0.25, -0.2) is 0 Å². The van der Waals surface area contributed by atoms with Gasteiger partial charge in [0, 0.05) is 6.04 Å². The van der Waals surface area contributed by atoms with E-state index in [9.17, 15) is 5.11 Å². The predicted molar refractivity (Wildman–Crippen MR) is 82.0 cm³/mol. The summed E-state index contributed by atoms with van der Waals surface area (Å²) in [4.78, 5) is 0. The van der Waals surface area contributed by atoms with E-state index in [1.807, 2.05) is 26.0 Å². The van der Waals surface area contributed by atoms with Gasteiger partial charge in [-0.15, -0.1) is 0 Å². The fourth-order valence-electron chi connectivity index (χ4n) is 2.91. The number of hydrogen-bond acceptors (Lipinski definition) is 3. The summed E-state index contributed by atoms with van der Waals surface area (Å²) in [7, 11) is 0. The molecule has 0 amide bonds. The lowest BCUT2D eigenvalue weighted by atomic mass is 9.91. The molecule has 3 nitrogen and oxygen atoms in total. The Kier molecular flexibility index (Phi) is 5.06. The van der Waals surface area contributed by atoms with Crippen molar-refractivity contribution in [2.24, 2.45) is 0 Å². The van der Waals surface area contributed by atoms with Crippen molar-refractivity contribution < 1.29 is 9.84 Å². The molecule has 1 aromatic rings. The van der Waals surface area contributed by atoms with Gasteiger partial charge in [0.05, 0.1) is 18.2 Å². The first-order valence-electron chi connectivity index (χ1n) is 7.69. The van der Waals surface area contributed by atoms with Crippen LogP contribution in [-0.2, 0) is 5.54 Å². The smallest absolute Gasteiger partial charge is 0.119 e. The van der Waals surface area contributed by atoms with E-state index in [1.54, 1.807) is 0 Å². The van der Waals surface area contributed by atoms with Crippen LogP contribution in [0.2, 0.25) is 0 Å². The Labute approximate surface area is 122 Å². The van der Waals surface area contributed by atoms with Crippen LogP contribution in [0.15, 0.2) is 24.3 Å². The van der Waals surface area contributed by atoms with Crippen LogP contribution in [0.4, 0.5) is 0 Å². The molecule has 1 aromatic carbocycles. The van der Waals surface area contributed by atoms with Crippen LogP contribution in [0.1, 0.15) is 52.0 Å². The highest BCUT2D eigenvalue weighted by Gasteiger charge is 2.29. The van der Waals surface area contributed by atoms with E-state index in [4.69, 9.17) is 4.74 Å². The maximum Gasteiger partial charge on any atom is 0.119 e. The molecule has 0 heterocycles. The highest BCUT2D eigenvalue weighted by Crippen LogP contribution is 2.27. The molecular weight excluding hydrogens is 250 g/mol. The van der Waals surface area contributed by atoms with Crippen molar-refractivity contribution in [3.63, 3.8) is 0 Å². The maximum atomic E-state index is 9.82. The Morgan fingerprint density at radius 1 is 1.25 bits per heavy atom. The molecule has 20 heavy (non-hydrogen) atoms. The summed E-state index contributed by atoms with van der Waals surface area (Å²) in [5.41, 5.74) is 0.744. The molecule has 1 aliphatic carbocycles. The van der Waals surface area contributed by atoms with Crippen LogP contribution < -0.4 is 10.1 Å². The van der Waals surface area contributed by atoms with Crippen molar-refractivity contribution in [3.05, 3.63) is 29.8 Å². The molecule has 2 rings (SSSR count). The summed E-state index contributed by atoms with van der Waals surface area (Å²) >= 11 is 0. The van der Waals surface area contributed by atoms with Crippen LogP contribution in [0.5, 0.6) is 5.75 Å². The van der Waals surface area contributed by atoms with Gasteiger partial charge in [0.2, 0.25) is 0 Å². The van der Waals surface area contributed by atoms with Crippen LogP contribution in [0.25, 0.3) is 0 Å². The maximum absolute atomic E-state index is 9.82. The first-order chi connectivity index (χ1) is 9.53. The molecule has 1 atom stereocenters. The quantitative estimate of drug-likeness (QED) is 0.839. The molecule has 0 spiro atoms. The van der Waals surface area contributed by atoms with E-state index in [0.29, 0.717) is 6.04 Å². The second-order valence-electron chi connectivity index (χ2n) is 6.31. The summed E-state index contributed by atoms with van der Waals surface area (Å²) in [6.45, 7) is 6.22. The molecule has 112 valence electrons. The SMILES string of the molecule is CC(C)Oc1ccc(C(C)(CO)NC2CCCC2)cc1. The first-order valence-corrected chi connectivity index (χ1v) is 7.69. The third-order valence-electron chi connectivity index (χ3n) is 4.06. The lowest BCUT2D eigenvalue weighted by molar-refractivity contribution is 0.161. The van der Waals surface area contributed by atoms with Gasteiger partial charge >= 0.3 is 0 Å². The van der Waals surface area contributed by atoms with Gasteiger partial charge in [0.1, 0.15) is 5.75 Å². The molecule has 1 unspecified atom stereocenters. The molecule has 0 bridgehead atoms. The molecule has 1 aliphatic rings. The van der Waals surface area contributed by atoms with Gasteiger partial charge in [-0.05, 0) is 51.3 Å². The van der Waals surface area contributed by atoms with Gasteiger partial charge in [-0.3, -0.25) is 0 Å². The summed E-state index contributed by atoms with van der Waals surface area (Å²) in [5, 5.41) is 13.4. The number of benzene rings is 1. The van der Waals surface area contributed by atoms with Gasteiger partial charge in [0.25, 0.3) is 0 Å². The number of aliphatic hydroxyl groups is 1. The highest BCUT2D eigenvalue weighted by atomic mass is 16.5. The molecule has 0 aliphatic heterocycles. The molecular formula is C17H27NO2. The zero-order valence-corrected chi connectivity index (χ0v) is 12.9. The standard InChI is InChI=1S/C17H27NO2/c1-13(2)20-16-10-8-14(9-11-16)17(3,12-19)18-15-6-4-5-7-15/h8-11,13,15,18-19H,4-7,12H2,1-3H3. The lowest BCUT2D eigenvalue weighted by Crippen LogP contribution is -2.47. The van der Waals surface area contributed by atoms with Crippen molar-refractivity contribution >= 4 is 0 Å². The zero-order chi connectivity index (χ0) is 14.6. The number of hydrogen-bond donors (Lipinski definition) is 2. The van der Waals surface area contributed by atoms with Crippen LogP contribution >= 0.6 is 0 Å². The Morgan fingerprint density at radius 3 is 2.35 bits per heavy atom. The molecule has 1 fully saturated rings. The number of rotatable bonds is 6. The molecule has 0 saturated heterocycles. The third-order valence-corrected chi connectivity index (χ3v) is 4.06. The van der Waals surface area contributed by atoms with Gasteiger partial charge in [0.15, 0.2) is 0 Å². The third kappa shape index (κ3) is 3.74. The molecule has 0 radical (unpaired) electrons. The van der Waals surface area contributed by atoms with Gasteiger partial charge < -0.3 is 15.2 Å². The van der Waals surface area contributed by atoms with Crippen LogP contribution in [-0.4, -0.2) is 23.9 Å². The Bertz CT molecular complexity index is 410. The summed E-state index contributed by atoms with van der Waals surface area (Å²) in [5.74, 6) is 0.880. The van der Waals surface area contributed by atoms with Crippen molar-refractivity contribution in [1.29, 1.82) is 0 Å². The van der Waals surface area contributed by atoms with Gasteiger partial charge in [-0.2, -0.15) is 0 Å². The fraction of sp³-hybridized carbons (Fsp3) is 0.647. The summed E-state index contributed by atoms with van der Waals surface area (Å²) < 4.78 is 5.67. The van der Waals surface area contributed by atoms with E-state index < -0.39 is 0 Å². The lowest BCUT2D eigenvalue weighted by Gasteiger charge is -2.33. The van der Waals surface area contributed by atoms with Crippen molar-refractivity contribution in [1.82, 2.24) is 5.32 Å². The van der Waals surface area contributed by atoms with Gasteiger partial charge in [-0.1, -0.05) is 25.0 Å². The number of aliphatic hydroxyl groups excluding tert-OH is 1. The second kappa shape index (κ2) is 6.59. The summed E-state index contributed by atoms with van der Waals surface area (Å²) in [6, 6.07) is 8.60. The molecule has 1 saturated carbocycles. The zero-order valence-electron chi connectivity index (χ0n) is 12.9. The normalized spacial score (nSPS) is 19.2. The first kappa shape index (κ1) is 15.3. The van der Waals surface area contributed by atoms with E-state index in [1.165, 1.54) is 25.7 Å². The van der Waals surface area contributed by atoms with E-state index in [-0.39, 0.29) is 18.2 Å². The number of ether oxygens (including phenoxy) is 1. The Balaban J connectivity index is 2.09. The average Bonchev–Trinajstić information content (AvgIpc) is 2.91. The molecule has 2 N–H and O–H groups in total. The predicted octanol–water partition coefficient (Wildman–Crippen LogP) is 3.21. The van der Waals surface area contributed by atoms with Crippen molar-refractivity contribution in [3.8, 4) is 5.75 Å². The van der Waals surface area contributed by atoms with Crippen molar-refractivity contribution in [2.75, 3.05) is 6.61 Å². The summed E-state index contributed by atoms with van der Waals surface area (Å²) in [6.07, 6.45) is 5.19. The topological polar surface area (TPSA) is 41.5 Å². The van der Waals surface area contributed by atoms with Crippen LogP contribution in [0.3, 0.4) is 0 Å². The second-order valence-corrected chi connectivity index (χ2v) is 6.31. The average molecular weight is 277 g/mol. The Morgan fingerprint density at radius 2 is 1.85 bits per heavy atom. The minimum atomic E-state index is -0.370. The highest BCUT2D eigenvalue weighted by molar-refractivity contribution is 5.32. The Hall–Kier alpha value is -1.06. The largest absolute Gasteiger partial charge is 0.491 e. The van der Waals surface area contributed by atoms with Crippen molar-refractivity contribution in [2.45, 2.75) is 64.1 Å².